The predicted molar refractivity (Wildman–Crippen MR) is 130 cm³/mol. The largest absolute Gasteiger partial charge is 0.573 e. The summed E-state index contributed by atoms with van der Waals surface area (Å²) in [7, 11) is 0. The molecule has 1 unspecified atom stereocenters. The number of benzene rings is 3. The Bertz CT molecular complexity index is 1420. The minimum Gasteiger partial charge on any atom is -0.445 e. The molecule has 1 aromatic heterocycles. The van der Waals surface area contributed by atoms with E-state index in [0.717, 1.165) is 27.9 Å². The highest BCUT2D eigenvalue weighted by Gasteiger charge is 2.32. The first-order valence-corrected chi connectivity index (χ1v) is 11.9. The highest BCUT2D eigenvalue weighted by atomic mass is 19.4. The molecule has 0 radical (unpaired) electrons. The number of alkyl carbamates (subject to hydrolysis) is 1. The Morgan fingerprint density at radius 1 is 1.00 bits per heavy atom. The summed E-state index contributed by atoms with van der Waals surface area (Å²) in [4.78, 5) is 12.4. The molecular formula is C28H24F4N2O3. The maximum absolute atomic E-state index is 13.8. The van der Waals surface area contributed by atoms with Crippen molar-refractivity contribution in [2.45, 2.75) is 44.8 Å². The van der Waals surface area contributed by atoms with Gasteiger partial charge in [-0.25, -0.2) is 9.18 Å². The van der Waals surface area contributed by atoms with Gasteiger partial charge < -0.3 is 19.4 Å². The van der Waals surface area contributed by atoms with Gasteiger partial charge >= 0.3 is 12.5 Å². The molecule has 1 heterocycles. The molecule has 1 aliphatic rings. The van der Waals surface area contributed by atoms with Gasteiger partial charge in [-0.1, -0.05) is 42.5 Å². The predicted octanol–water partition coefficient (Wildman–Crippen LogP) is 6.51. The Morgan fingerprint density at radius 2 is 1.78 bits per heavy atom. The lowest BCUT2D eigenvalue weighted by atomic mass is 9.91. The van der Waals surface area contributed by atoms with Crippen molar-refractivity contribution in [3.8, 4) is 5.75 Å². The lowest BCUT2D eigenvalue weighted by Gasteiger charge is -2.25. The molecule has 0 bridgehead atoms. The van der Waals surface area contributed by atoms with Crippen LogP contribution in [0.5, 0.6) is 5.75 Å². The van der Waals surface area contributed by atoms with Crippen LogP contribution in [0.2, 0.25) is 0 Å². The van der Waals surface area contributed by atoms with Gasteiger partial charge in [0.15, 0.2) is 0 Å². The number of nitrogens with zero attached hydrogens (tertiary/aromatic N) is 1. The smallest absolute Gasteiger partial charge is 0.445 e. The molecule has 5 nitrogen and oxygen atoms in total. The van der Waals surface area contributed by atoms with Crippen molar-refractivity contribution >= 4 is 17.0 Å². The van der Waals surface area contributed by atoms with E-state index >= 15 is 0 Å². The molecule has 37 heavy (non-hydrogen) atoms. The summed E-state index contributed by atoms with van der Waals surface area (Å²) in [6.45, 7) is 0.496. The van der Waals surface area contributed by atoms with Crippen molar-refractivity contribution in [2.75, 3.05) is 0 Å². The fraction of sp³-hybridized carbons (Fsp3) is 0.250. The van der Waals surface area contributed by atoms with E-state index in [-0.39, 0.29) is 24.2 Å². The molecule has 1 atom stereocenters. The van der Waals surface area contributed by atoms with E-state index in [4.69, 9.17) is 4.74 Å². The summed E-state index contributed by atoms with van der Waals surface area (Å²) in [6.07, 6.45) is -3.75. The molecule has 3 aromatic carbocycles. The third-order valence-corrected chi connectivity index (χ3v) is 6.44. The number of hydrogen-bond acceptors (Lipinski definition) is 3. The zero-order chi connectivity index (χ0) is 26.0. The van der Waals surface area contributed by atoms with Crippen LogP contribution in [0, 0.1) is 5.82 Å². The molecule has 4 aromatic rings. The SMILES string of the molecule is O=C(NC1CCc2c(c3cc(OC(F)(F)F)ccc3n2Cc2cccc(F)c2)C1)OCc1ccccc1. The summed E-state index contributed by atoms with van der Waals surface area (Å²) >= 11 is 0. The average molecular weight is 513 g/mol. The molecule has 0 saturated heterocycles. The number of nitrogens with one attached hydrogen (secondary N) is 1. The van der Waals surface area contributed by atoms with Gasteiger partial charge in [-0.05, 0) is 66.3 Å². The molecule has 0 fully saturated rings. The van der Waals surface area contributed by atoms with Gasteiger partial charge in [-0.2, -0.15) is 0 Å². The van der Waals surface area contributed by atoms with Gasteiger partial charge in [0.25, 0.3) is 0 Å². The number of carbonyl (C=O) groups is 1. The van der Waals surface area contributed by atoms with Gasteiger partial charge in [0.2, 0.25) is 0 Å². The van der Waals surface area contributed by atoms with Crippen molar-refractivity contribution < 1.29 is 31.8 Å². The van der Waals surface area contributed by atoms with Gasteiger partial charge in [0, 0.05) is 29.2 Å². The second kappa shape index (κ2) is 10.2. The summed E-state index contributed by atoms with van der Waals surface area (Å²) in [5.74, 6) is -0.676. The molecule has 5 rings (SSSR count). The summed E-state index contributed by atoms with van der Waals surface area (Å²) in [5.41, 5.74) is 4.09. The van der Waals surface area contributed by atoms with Crippen LogP contribution in [0.25, 0.3) is 10.9 Å². The monoisotopic (exact) mass is 512 g/mol. The third kappa shape index (κ3) is 5.87. The lowest BCUT2D eigenvalue weighted by Crippen LogP contribution is -2.39. The molecule has 0 aliphatic heterocycles. The van der Waals surface area contributed by atoms with Gasteiger partial charge in [0.1, 0.15) is 18.2 Å². The van der Waals surface area contributed by atoms with Crippen molar-refractivity contribution in [2.24, 2.45) is 0 Å². The number of ether oxygens (including phenoxy) is 2. The number of alkyl halides is 3. The molecule has 9 heteroatoms. The summed E-state index contributed by atoms with van der Waals surface area (Å²) in [6, 6.07) is 19.5. The van der Waals surface area contributed by atoms with Crippen LogP contribution in [0.1, 0.15) is 28.8 Å². The Hall–Kier alpha value is -4.01. The van der Waals surface area contributed by atoms with Crippen LogP contribution in [0.4, 0.5) is 22.4 Å². The molecule has 192 valence electrons. The van der Waals surface area contributed by atoms with Crippen LogP contribution in [0.15, 0.2) is 72.8 Å². The van der Waals surface area contributed by atoms with Crippen molar-refractivity contribution in [1.29, 1.82) is 0 Å². The standard InChI is InChI=1S/C28H24F4N2O3/c29-20-8-4-7-19(13-20)16-34-25-11-9-21(33-27(35)36-17-18-5-2-1-3-6-18)14-23(25)24-15-22(10-12-26(24)34)37-28(30,31)32/h1-8,10,12-13,15,21H,9,11,14,16-17H2,(H,33,35). The number of fused-ring (bicyclic) bond motifs is 3. The number of amides is 1. The maximum atomic E-state index is 13.8. The topological polar surface area (TPSA) is 52.5 Å². The summed E-state index contributed by atoms with van der Waals surface area (Å²) < 4.78 is 64.0. The quantitative estimate of drug-likeness (QED) is 0.300. The molecule has 1 aliphatic carbocycles. The number of hydrogen-bond donors (Lipinski definition) is 1. The normalized spacial score (nSPS) is 15.3. The van der Waals surface area contributed by atoms with Crippen molar-refractivity contribution in [3.63, 3.8) is 0 Å². The Kier molecular flexibility index (Phi) is 6.78. The fourth-order valence-electron chi connectivity index (χ4n) is 4.88. The van der Waals surface area contributed by atoms with Crippen LogP contribution < -0.4 is 10.1 Å². The van der Waals surface area contributed by atoms with E-state index in [1.165, 1.54) is 24.3 Å². The minimum absolute atomic E-state index is 0.135. The van der Waals surface area contributed by atoms with Gasteiger partial charge in [-0.3, -0.25) is 0 Å². The second-order valence-electron chi connectivity index (χ2n) is 9.01. The Balaban J connectivity index is 1.41. The molecular weight excluding hydrogens is 488 g/mol. The molecule has 0 saturated carbocycles. The Morgan fingerprint density at radius 3 is 2.54 bits per heavy atom. The van der Waals surface area contributed by atoms with Crippen LogP contribution >= 0.6 is 0 Å². The lowest BCUT2D eigenvalue weighted by molar-refractivity contribution is -0.274. The van der Waals surface area contributed by atoms with Gasteiger partial charge in [-0.15, -0.1) is 13.2 Å². The van der Waals surface area contributed by atoms with Crippen LogP contribution in [-0.4, -0.2) is 23.1 Å². The third-order valence-electron chi connectivity index (χ3n) is 6.44. The van der Waals surface area contributed by atoms with E-state index in [9.17, 15) is 22.4 Å². The second-order valence-corrected chi connectivity index (χ2v) is 9.01. The first kappa shape index (κ1) is 24.7. The molecule has 1 amide bonds. The van der Waals surface area contributed by atoms with Crippen LogP contribution in [0.3, 0.4) is 0 Å². The van der Waals surface area contributed by atoms with Crippen LogP contribution in [-0.2, 0) is 30.7 Å². The molecule has 0 spiro atoms. The minimum atomic E-state index is -4.82. The first-order valence-electron chi connectivity index (χ1n) is 11.9. The van der Waals surface area contributed by atoms with E-state index in [1.807, 2.05) is 34.9 Å². The number of carbonyl (C=O) groups excluding carboxylic acids is 1. The van der Waals surface area contributed by atoms with E-state index in [1.54, 1.807) is 18.2 Å². The Labute approximate surface area is 210 Å². The highest BCUT2D eigenvalue weighted by Crippen LogP contribution is 2.36. The van der Waals surface area contributed by atoms with E-state index < -0.39 is 12.5 Å². The van der Waals surface area contributed by atoms with E-state index in [2.05, 4.69) is 10.1 Å². The number of aromatic nitrogens is 1. The number of rotatable bonds is 6. The maximum Gasteiger partial charge on any atom is 0.573 e. The summed E-state index contributed by atoms with van der Waals surface area (Å²) in [5, 5.41) is 3.49. The van der Waals surface area contributed by atoms with Crippen molar-refractivity contribution in [3.05, 3.63) is 101 Å². The number of halogens is 4. The fourth-order valence-corrected chi connectivity index (χ4v) is 4.88. The highest BCUT2D eigenvalue weighted by molar-refractivity contribution is 5.87. The van der Waals surface area contributed by atoms with Gasteiger partial charge in [0.05, 0.1) is 0 Å². The average Bonchev–Trinajstić information content (AvgIpc) is 3.14. The molecule has 1 N–H and O–H groups in total. The first-order chi connectivity index (χ1) is 17.7. The zero-order valence-electron chi connectivity index (χ0n) is 19.7. The van der Waals surface area contributed by atoms with E-state index in [0.29, 0.717) is 31.2 Å². The van der Waals surface area contributed by atoms with Crippen molar-refractivity contribution in [1.82, 2.24) is 9.88 Å². The zero-order valence-corrected chi connectivity index (χ0v) is 19.7.